The molecule has 1 saturated heterocycles. The van der Waals surface area contributed by atoms with E-state index >= 15 is 0 Å². The SMILES string of the molecule is Cc1cccc(-n2nc(C#N)c(N3CC[C@@H](c4ccccc4)C3)n2)c1C. The molecule has 5 nitrogen and oxygen atoms in total. The van der Waals surface area contributed by atoms with Crippen LogP contribution in [0.3, 0.4) is 0 Å². The zero-order chi connectivity index (χ0) is 18.1. The van der Waals surface area contributed by atoms with E-state index in [1.165, 1.54) is 11.1 Å². The molecule has 4 rings (SSSR count). The van der Waals surface area contributed by atoms with Crippen molar-refractivity contribution in [1.82, 2.24) is 15.0 Å². The molecule has 0 N–H and O–H groups in total. The molecule has 1 aromatic heterocycles. The Labute approximate surface area is 153 Å². The number of nitriles is 1. The second kappa shape index (κ2) is 6.64. The number of hydrogen-bond donors (Lipinski definition) is 0. The average molecular weight is 343 g/mol. The van der Waals surface area contributed by atoms with E-state index in [4.69, 9.17) is 0 Å². The van der Waals surface area contributed by atoms with Crippen LogP contribution in [0.4, 0.5) is 5.82 Å². The predicted molar refractivity (Wildman–Crippen MR) is 102 cm³/mol. The second-order valence-corrected chi connectivity index (χ2v) is 6.83. The van der Waals surface area contributed by atoms with E-state index in [1.54, 1.807) is 4.80 Å². The third-order valence-electron chi connectivity index (χ3n) is 5.25. The highest BCUT2D eigenvalue weighted by Gasteiger charge is 2.28. The molecule has 1 fully saturated rings. The zero-order valence-electron chi connectivity index (χ0n) is 15.1. The summed E-state index contributed by atoms with van der Waals surface area (Å²) in [4.78, 5) is 3.79. The first kappa shape index (κ1) is 16.3. The Bertz CT molecular complexity index is 968. The fraction of sp³-hybridized carbons (Fsp3) is 0.286. The van der Waals surface area contributed by atoms with Gasteiger partial charge in [-0.15, -0.1) is 15.0 Å². The first-order valence-electron chi connectivity index (χ1n) is 8.91. The fourth-order valence-corrected chi connectivity index (χ4v) is 3.59. The van der Waals surface area contributed by atoms with Gasteiger partial charge < -0.3 is 4.90 Å². The summed E-state index contributed by atoms with van der Waals surface area (Å²) in [5, 5.41) is 18.7. The van der Waals surface area contributed by atoms with Gasteiger partial charge in [-0.3, -0.25) is 0 Å². The van der Waals surface area contributed by atoms with E-state index in [-0.39, 0.29) is 0 Å². The number of aromatic nitrogens is 3. The van der Waals surface area contributed by atoms with Crippen molar-refractivity contribution >= 4 is 5.82 Å². The fourth-order valence-electron chi connectivity index (χ4n) is 3.59. The molecule has 130 valence electrons. The summed E-state index contributed by atoms with van der Waals surface area (Å²) in [7, 11) is 0. The minimum absolute atomic E-state index is 0.389. The van der Waals surface area contributed by atoms with Gasteiger partial charge in [-0.2, -0.15) is 5.26 Å². The van der Waals surface area contributed by atoms with Gasteiger partial charge in [0, 0.05) is 19.0 Å². The summed E-state index contributed by atoms with van der Waals surface area (Å²) in [5.41, 5.74) is 4.97. The Balaban J connectivity index is 1.65. The molecule has 5 heteroatoms. The maximum Gasteiger partial charge on any atom is 0.207 e. The number of nitrogens with zero attached hydrogens (tertiary/aromatic N) is 5. The lowest BCUT2D eigenvalue weighted by atomic mass is 9.99. The Hall–Kier alpha value is -3.13. The van der Waals surface area contributed by atoms with Crippen LogP contribution in [0.25, 0.3) is 5.69 Å². The van der Waals surface area contributed by atoms with Gasteiger partial charge in [0.2, 0.25) is 5.69 Å². The van der Waals surface area contributed by atoms with Crippen LogP contribution in [-0.4, -0.2) is 28.1 Å². The molecule has 0 aliphatic carbocycles. The molecule has 0 unspecified atom stereocenters. The van der Waals surface area contributed by atoms with Crippen molar-refractivity contribution in [3.8, 4) is 11.8 Å². The largest absolute Gasteiger partial charge is 0.352 e. The minimum atomic E-state index is 0.389. The first-order chi connectivity index (χ1) is 12.7. The Morgan fingerprint density at radius 3 is 2.62 bits per heavy atom. The van der Waals surface area contributed by atoms with Crippen LogP contribution in [-0.2, 0) is 0 Å². The molecule has 0 radical (unpaired) electrons. The highest BCUT2D eigenvalue weighted by atomic mass is 15.5. The topological polar surface area (TPSA) is 57.7 Å². The third kappa shape index (κ3) is 2.84. The van der Waals surface area contributed by atoms with Crippen LogP contribution in [0.1, 0.15) is 34.7 Å². The van der Waals surface area contributed by atoms with E-state index < -0.39 is 0 Å². The maximum absolute atomic E-state index is 9.55. The summed E-state index contributed by atoms with van der Waals surface area (Å²) in [6, 6.07) is 18.8. The summed E-state index contributed by atoms with van der Waals surface area (Å²) < 4.78 is 0. The molecule has 0 amide bonds. The van der Waals surface area contributed by atoms with E-state index in [2.05, 4.69) is 65.3 Å². The smallest absolute Gasteiger partial charge is 0.207 e. The van der Waals surface area contributed by atoms with Crippen molar-refractivity contribution in [2.24, 2.45) is 0 Å². The van der Waals surface area contributed by atoms with Crippen molar-refractivity contribution in [1.29, 1.82) is 5.26 Å². The lowest BCUT2D eigenvalue weighted by Crippen LogP contribution is -2.21. The normalized spacial score (nSPS) is 16.7. The second-order valence-electron chi connectivity index (χ2n) is 6.83. The van der Waals surface area contributed by atoms with Gasteiger partial charge >= 0.3 is 0 Å². The number of aryl methyl sites for hydroxylation is 1. The van der Waals surface area contributed by atoms with Crippen molar-refractivity contribution in [2.75, 3.05) is 18.0 Å². The maximum atomic E-state index is 9.55. The van der Waals surface area contributed by atoms with Crippen LogP contribution in [0, 0.1) is 25.2 Å². The highest BCUT2D eigenvalue weighted by molar-refractivity contribution is 5.53. The lowest BCUT2D eigenvalue weighted by molar-refractivity contribution is 0.736. The van der Waals surface area contributed by atoms with Crippen molar-refractivity contribution in [3.63, 3.8) is 0 Å². The van der Waals surface area contributed by atoms with Crippen LogP contribution in [0.5, 0.6) is 0 Å². The summed E-state index contributed by atoms with van der Waals surface area (Å²) in [5.74, 6) is 1.15. The molecule has 2 aromatic carbocycles. The summed E-state index contributed by atoms with van der Waals surface area (Å²) in [6.07, 6.45) is 1.06. The van der Waals surface area contributed by atoms with Gasteiger partial charge in [-0.05, 0) is 43.0 Å². The third-order valence-corrected chi connectivity index (χ3v) is 5.25. The number of benzene rings is 2. The predicted octanol–water partition coefficient (Wildman–Crippen LogP) is 3.75. The number of hydrogen-bond acceptors (Lipinski definition) is 4. The molecule has 1 aliphatic heterocycles. The van der Waals surface area contributed by atoms with E-state index in [1.807, 2.05) is 18.2 Å². The van der Waals surface area contributed by atoms with Crippen molar-refractivity contribution in [3.05, 3.63) is 70.9 Å². The lowest BCUT2D eigenvalue weighted by Gasteiger charge is -2.15. The van der Waals surface area contributed by atoms with E-state index in [0.717, 1.165) is 30.8 Å². The van der Waals surface area contributed by atoms with E-state index in [0.29, 0.717) is 17.4 Å². The molecule has 1 aliphatic rings. The molecule has 0 bridgehead atoms. The van der Waals surface area contributed by atoms with Crippen molar-refractivity contribution < 1.29 is 0 Å². The quantitative estimate of drug-likeness (QED) is 0.727. The summed E-state index contributed by atoms with van der Waals surface area (Å²) in [6.45, 7) is 5.88. The van der Waals surface area contributed by atoms with Crippen LogP contribution in [0.15, 0.2) is 48.5 Å². The van der Waals surface area contributed by atoms with Gasteiger partial charge in [-0.25, -0.2) is 0 Å². The zero-order valence-corrected chi connectivity index (χ0v) is 15.1. The van der Waals surface area contributed by atoms with Gasteiger partial charge in [0.1, 0.15) is 6.07 Å². The highest BCUT2D eigenvalue weighted by Crippen LogP contribution is 2.31. The molecule has 26 heavy (non-hydrogen) atoms. The van der Waals surface area contributed by atoms with Crippen LogP contribution >= 0.6 is 0 Å². The minimum Gasteiger partial charge on any atom is -0.352 e. The van der Waals surface area contributed by atoms with Gasteiger partial charge in [0.25, 0.3) is 0 Å². The molecule has 3 aromatic rings. The molecule has 0 spiro atoms. The number of rotatable bonds is 3. The molecule has 2 heterocycles. The van der Waals surface area contributed by atoms with Gasteiger partial charge in [0.05, 0.1) is 5.69 Å². The van der Waals surface area contributed by atoms with Crippen LogP contribution < -0.4 is 4.90 Å². The molecule has 1 atom stereocenters. The first-order valence-corrected chi connectivity index (χ1v) is 8.91. The van der Waals surface area contributed by atoms with Crippen molar-refractivity contribution in [2.45, 2.75) is 26.2 Å². The van der Waals surface area contributed by atoms with Gasteiger partial charge in [-0.1, -0.05) is 42.5 Å². The van der Waals surface area contributed by atoms with E-state index in [9.17, 15) is 5.26 Å². The molecular weight excluding hydrogens is 322 g/mol. The number of anilines is 1. The van der Waals surface area contributed by atoms with Gasteiger partial charge in [0.15, 0.2) is 5.82 Å². The standard InChI is InChI=1S/C21H21N5/c1-15-7-6-10-20(16(15)2)26-23-19(13-22)21(24-26)25-12-11-18(14-25)17-8-4-3-5-9-17/h3-10,18H,11-12,14H2,1-2H3/t18-/m1/s1. The average Bonchev–Trinajstić information content (AvgIpc) is 3.31. The van der Waals surface area contributed by atoms with Crippen LogP contribution in [0.2, 0.25) is 0 Å². The molecular formula is C21H21N5. The summed E-state index contributed by atoms with van der Waals surface area (Å²) >= 11 is 0. The monoisotopic (exact) mass is 343 g/mol. The Morgan fingerprint density at radius 1 is 1.04 bits per heavy atom. The Morgan fingerprint density at radius 2 is 1.85 bits per heavy atom. The molecule has 0 saturated carbocycles. The Kier molecular flexibility index (Phi) is 4.18.